The van der Waals surface area contributed by atoms with E-state index in [0.717, 1.165) is 25.2 Å². The van der Waals surface area contributed by atoms with Crippen LogP contribution in [-0.4, -0.2) is 48.4 Å². The van der Waals surface area contributed by atoms with Crippen molar-refractivity contribution in [3.8, 4) is 5.75 Å². The van der Waals surface area contributed by atoms with E-state index in [2.05, 4.69) is 20.8 Å². The number of ether oxygens (including phenoxy) is 1. The van der Waals surface area contributed by atoms with Crippen molar-refractivity contribution in [1.29, 1.82) is 0 Å². The molecule has 2 heterocycles. The highest BCUT2D eigenvalue weighted by Gasteiger charge is 2.30. The molecule has 2 aliphatic heterocycles. The van der Waals surface area contributed by atoms with Gasteiger partial charge in [0.1, 0.15) is 12.4 Å². The average molecular weight is 388 g/mol. The Labute approximate surface area is 144 Å². The van der Waals surface area contributed by atoms with Crippen LogP contribution >= 0.6 is 27.5 Å². The molecule has 4 nitrogen and oxygen atoms in total. The monoisotopic (exact) mass is 386 g/mol. The van der Waals surface area contributed by atoms with Gasteiger partial charge in [0.2, 0.25) is 5.91 Å². The minimum atomic E-state index is -0.0809. The smallest absolute Gasteiger partial charge is 0.240 e. The molecule has 1 aromatic rings. The van der Waals surface area contributed by atoms with Gasteiger partial charge >= 0.3 is 0 Å². The van der Waals surface area contributed by atoms with E-state index in [0.29, 0.717) is 17.4 Å². The molecule has 0 bridgehead atoms. The molecule has 3 rings (SSSR count). The van der Waals surface area contributed by atoms with Gasteiger partial charge in [-0.1, -0.05) is 27.5 Å². The van der Waals surface area contributed by atoms with E-state index in [1.54, 1.807) is 4.90 Å². The molecule has 0 saturated carbocycles. The van der Waals surface area contributed by atoms with Crippen molar-refractivity contribution < 1.29 is 9.53 Å². The van der Waals surface area contributed by atoms with Crippen molar-refractivity contribution in [2.24, 2.45) is 0 Å². The zero-order valence-corrected chi connectivity index (χ0v) is 14.8. The van der Waals surface area contributed by atoms with Gasteiger partial charge < -0.3 is 9.64 Å². The lowest BCUT2D eigenvalue weighted by Gasteiger charge is -2.18. The summed E-state index contributed by atoms with van der Waals surface area (Å²) in [6.07, 6.45) is 3.40. The molecule has 1 aromatic carbocycles. The number of nitrogens with zero attached hydrogens (tertiary/aromatic N) is 2. The van der Waals surface area contributed by atoms with Crippen molar-refractivity contribution in [3.05, 3.63) is 23.2 Å². The van der Waals surface area contributed by atoms with Gasteiger partial charge in [0.15, 0.2) is 0 Å². The maximum Gasteiger partial charge on any atom is 0.240 e. The Kier molecular flexibility index (Phi) is 5.26. The average Bonchev–Trinajstić information content (AvgIpc) is 3.12. The van der Waals surface area contributed by atoms with Gasteiger partial charge in [-0.15, -0.1) is 0 Å². The maximum atomic E-state index is 12.0. The second-order valence-corrected chi connectivity index (χ2v) is 7.27. The fraction of sp³-hybridized carbons (Fsp3) is 0.562. The Balaban J connectivity index is 1.58. The topological polar surface area (TPSA) is 32.8 Å². The summed E-state index contributed by atoms with van der Waals surface area (Å²) in [5.74, 6) is 0.783. The predicted molar refractivity (Wildman–Crippen MR) is 92.3 cm³/mol. The summed E-state index contributed by atoms with van der Waals surface area (Å²) in [7, 11) is 0. The van der Waals surface area contributed by atoms with Gasteiger partial charge in [-0.2, -0.15) is 0 Å². The molecule has 1 amide bonds. The van der Waals surface area contributed by atoms with Gasteiger partial charge in [-0.25, -0.2) is 0 Å². The Morgan fingerprint density at radius 1 is 1.27 bits per heavy atom. The molecule has 22 heavy (non-hydrogen) atoms. The Morgan fingerprint density at radius 2 is 2.05 bits per heavy atom. The van der Waals surface area contributed by atoms with Crippen LogP contribution in [0.5, 0.6) is 5.75 Å². The molecule has 0 aromatic heterocycles. The summed E-state index contributed by atoms with van der Waals surface area (Å²) in [4.78, 5) is 16.1. The number of carbonyl (C=O) groups is 1. The number of anilines is 1. The minimum Gasteiger partial charge on any atom is -0.491 e. The number of rotatable bonds is 5. The molecule has 2 fully saturated rings. The second-order valence-electron chi connectivity index (χ2n) is 5.76. The van der Waals surface area contributed by atoms with Crippen LogP contribution in [0, 0.1) is 0 Å². The fourth-order valence-corrected chi connectivity index (χ4v) is 3.65. The van der Waals surface area contributed by atoms with Gasteiger partial charge in [-0.3, -0.25) is 9.69 Å². The Hall–Kier alpha value is -0.780. The number of hydrogen-bond donors (Lipinski definition) is 0. The fourth-order valence-electron chi connectivity index (χ4n) is 2.97. The summed E-state index contributed by atoms with van der Waals surface area (Å²) in [5, 5.41) is 0.560. The van der Waals surface area contributed by atoms with Crippen molar-refractivity contribution in [2.45, 2.75) is 24.1 Å². The maximum absolute atomic E-state index is 12.0. The Bertz CT molecular complexity index is 549. The van der Waals surface area contributed by atoms with Crippen molar-refractivity contribution >= 4 is 39.1 Å². The highest BCUT2D eigenvalue weighted by molar-refractivity contribution is 9.10. The molecule has 2 saturated heterocycles. The molecular formula is C16H20BrClN2O2. The van der Waals surface area contributed by atoms with Gasteiger partial charge in [0.25, 0.3) is 0 Å². The summed E-state index contributed by atoms with van der Waals surface area (Å²) >= 11 is 9.69. The molecule has 120 valence electrons. The van der Waals surface area contributed by atoms with Gasteiger partial charge in [-0.05, 0) is 50.6 Å². The number of halogens is 2. The lowest BCUT2D eigenvalue weighted by Crippen LogP contribution is -2.27. The normalized spacial score (nSPS) is 22.5. The SMILES string of the molecule is O=C1C(Br)CCN1c1ccc(OCCN2CCCC2)c(Cl)c1. The molecule has 0 radical (unpaired) electrons. The standard InChI is InChI=1S/C16H20BrClN2O2/c17-13-5-8-20(16(13)21)12-3-4-15(14(18)11-12)22-10-9-19-6-1-2-7-19/h3-4,11,13H,1-2,5-10H2. The van der Waals surface area contributed by atoms with E-state index in [1.807, 2.05) is 18.2 Å². The second kappa shape index (κ2) is 7.20. The minimum absolute atomic E-state index is 0.0809. The number of hydrogen-bond acceptors (Lipinski definition) is 3. The Morgan fingerprint density at radius 3 is 2.68 bits per heavy atom. The van der Waals surface area contributed by atoms with Crippen LogP contribution in [0.1, 0.15) is 19.3 Å². The summed E-state index contributed by atoms with van der Waals surface area (Å²) in [5.41, 5.74) is 0.837. The van der Waals surface area contributed by atoms with E-state index in [-0.39, 0.29) is 10.7 Å². The summed E-state index contributed by atoms with van der Waals surface area (Å²) in [6.45, 7) is 4.64. The van der Waals surface area contributed by atoms with Crippen LogP contribution in [0.3, 0.4) is 0 Å². The van der Waals surface area contributed by atoms with E-state index in [1.165, 1.54) is 25.9 Å². The van der Waals surface area contributed by atoms with E-state index in [4.69, 9.17) is 16.3 Å². The van der Waals surface area contributed by atoms with Gasteiger partial charge in [0, 0.05) is 18.8 Å². The highest BCUT2D eigenvalue weighted by Crippen LogP contribution is 2.32. The van der Waals surface area contributed by atoms with Crippen LogP contribution in [0.2, 0.25) is 5.02 Å². The zero-order chi connectivity index (χ0) is 15.5. The third-order valence-corrected chi connectivity index (χ3v) is 5.38. The molecule has 0 spiro atoms. The van der Waals surface area contributed by atoms with Crippen LogP contribution in [0.4, 0.5) is 5.69 Å². The van der Waals surface area contributed by atoms with E-state index in [9.17, 15) is 4.79 Å². The lowest BCUT2D eigenvalue weighted by molar-refractivity contribution is -0.116. The third kappa shape index (κ3) is 3.58. The molecular weight excluding hydrogens is 368 g/mol. The third-order valence-electron chi connectivity index (χ3n) is 4.23. The van der Waals surface area contributed by atoms with Crippen molar-refractivity contribution in [3.63, 3.8) is 0 Å². The molecule has 6 heteroatoms. The van der Waals surface area contributed by atoms with Crippen molar-refractivity contribution in [1.82, 2.24) is 4.90 Å². The first-order valence-corrected chi connectivity index (χ1v) is 9.04. The van der Waals surface area contributed by atoms with Gasteiger partial charge in [0.05, 0.1) is 9.85 Å². The molecule has 1 atom stereocenters. The number of carbonyl (C=O) groups excluding carboxylic acids is 1. The first kappa shape index (κ1) is 16.1. The number of alkyl halides is 1. The first-order valence-electron chi connectivity index (χ1n) is 7.75. The van der Waals surface area contributed by atoms with Crippen molar-refractivity contribution in [2.75, 3.05) is 37.7 Å². The molecule has 1 unspecified atom stereocenters. The first-order chi connectivity index (χ1) is 10.6. The van der Waals surface area contributed by atoms with Crippen LogP contribution in [0.15, 0.2) is 18.2 Å². The molecule has 0 aliphatic carbocycles. The largest absolute Gasteiger partial charge is 0.491 e. The predicted octanol–water partition coefficient (Wildman–Crippen LogP) is 3.31. The van der Waals surface area contributed by atoms with Crippen LogP contribution < -0.4 is 9.64 Å². The summed E-state index contributed by atoms with van der Waals surface area (Å²) < 4.78 is 5.78. The zero-order valence-electron chi connectivity index (χ0n) is 12.4. The quantitative estimate of drug-likeness (QED) is 0.727. The number of amides is 1. The van der Waals surface area contributed by atoms with Crippen LogP contribution in [0.25, 0.3) is 0 Å². The highest BCUT2D eigenvalue weighted by atomic mass is 79.9. The van der Waals surface area contributed by atoms with Crippen LogP contribution in [-0.2, 0) is 4.79 Å². The molecule has 2 aliphatic rings. The lowest BCUT2D eigenvalue weighted by atomic mass is 10.2. The van der Waals surface area contributed by atoms with E-state index < -0.39 is 0 Å². The molecule has 0 N–H and O–H groups in total. The summed E-state index contributed by atoms with van der Waals surface area (Å²) in [6, 6.07) is 5.58. The number of benzene rings is 1. The van der Waals surface area contributed by atoms with E-state index >= 15 is 0 Å². The number of likely N-dealkylation sites (tertiary alicyclic amines) is 1.